The van der Waals surface area contributed by atoms with Crippen LogP contribution in [0.3, 0.4) is 0 Å². The van der Waals surface area contributed by atoms with Crippen LogP contribution in [0.5, 0.6) is 5.75 Å². The summed E-state index contributed by atoms with van der Waals surface area (Å²) in [7, 11) is 0. The van der Waals surface area contributed by atoms with Crippen molar-refractivity contribution in [2.45, 2.75) is 13.2 Å². The Morgan fingerprint density at radius 1 is 0.903 bits per heavy atom. The van der Waals surface area contributed by atoms with Gasteiger partial charge < -0.3 is 10.2 Å². The Kier molecular flexibility index (Phi) is 7.13. The minimum atomic E-state index is 0.447. The zero-order chi connectivity index (χ0) is 21.6. The second kappa shape index (κ2) is 10.2. The summed E-state index contributed by atoms with van der Waals surface area (Å²) in [5.74, 6) is 0.779. The van der Waals surface area contributed by atoms with Gasteiger partial charge in [-0.25, -0.2) is 0 Å². The number of rotatable bonds is 7. The van der Waals surface area contributed by atoms with E-state index in [1.807, 2.05) is 48.5 Å². The molecule has 0 aliphatic rings. The fourth-order valence-electron chi connectivity index (χ4n) is 3.23. The second-order valence-electron chi connectivity index (χ2n) is 6.91. The Morgan fingerprint density at radius 3 is 2.45 bits per heavy atom. The highest BCUT2D eigenvalue weighted by Crippen LogP contribution is 2.28. The lowest BCUT2D eigenvalue weighted by atomic mass is 10.1. The summed E-state index contributed by atoms with van der Waals surface area (Å²) in [5.41, 5.74) is 5.89. The number of nitrogens with zero attached hydrogens (tertiary/aromatic N) is 1. The van der Waals surface area contributed by atoms with Crippen LogP contribution in [-0.4, -0.2) is 6.21 Å². The summed E-state index contributed by atoms with van der Waals surface area (Å²) in [6.07, 6.45) is 1.74. The van der Waals surface area contributed by atoms with E-state index in [-0.39, 0.29) is 0 Å². The molecule has 0 aromatic heterocycles. The molecule has 0 saturated heterocycles. The van der Waals surface area contributed by atoms with E-state index in [0.29, 0.717) is 23.2 Å². The molecule has 1 N–H and O–H groups in total. The van der Waals surface area contributed by atoms with Gasteiger partial charge in [-0.3, -0.25) is 0 Å². The lowest BCUT2D eigenvalue weighted by Gasteiger charge is -2.11. The third-order valence-corrected chi connectivity index (χ3v) is 6.17. The number of hydrogen-bond acceptors (Lipinski definition) is 3. The van der Waals surface area contributed by atoms with Crippen molar-refractivity contribution < 1.29 is 4.74 Å². The summed E-state index contributed by atoms with van der Waals surface area (Å²) in [6.45, 7) is 0.940. The molecule has 156 valence electrons. The number of halogens is 3. The zero-order valence-corrected chi connectivity index (χ0v) is 19.6. The highest BCUT2D eigenvalue weighted by atomic mass is 79.9. The Labute approximate surface area is 199 Å². The van der Waals surface area contributed by atoms with Gasteiger partial charge in [0.05, 0.1) is 17.2 Å². The molecule has 4 aromatic carbocycles. The monoisotopic (exact) mass is 512 g/mol. The molecule has 0 bridgehead atoms. The summed E-state index contributed by atoms with van der Waals surface area (Å²) in [5, 5.41) is 7.91. The van der Waals surface area contributed by atoms with Crippen molar-refractivity contribution in [3.63, 3.8) is 0 Å². The van der Waals surface area contributed by atoms with Gasteiger partial charge in [-0.05, 0) is 68.2 Å². The van der Waals surface area contributed by atoms with Crippen LogP contribution in [0.4, 0.5) is 0 Å². The van der Waals surface area contributed by atoms with Gasteiger partial charge in [-0.15, -0.1) is 0 Å². The number of hydrogen-bond donors (Lipinski definition) is 1. The topological polar surface area (TPSA) is 33.6 Å². The van der Waals surface area contributed by atoms with Gasteiger partial charge in [-0.1, -0.05) is 71.7 Å². The van der Waals surface area contributed by atoms with E-state index in [4.69, 9.17) is 27.9 Å². The number of nitrogens with one attached hydrogen (secondary N) is 1. The molecule has 0 aliphatic heterocycles. The van der Waals surface area contributed by atoms with Gasteiger partial charge in [0.1, 0.15) is 12.4 Å². The van der Waals surface area contributed by atoms with Gasteiger partial charge in [0, 0.05) is 15.6 Å². The largest absolute Gasteiger partial charge is 0.488 e. The molecular weight excluding hydrogens is 495 g/mol. The average Bonchev–Trinajstić information content (AvgIpc) is 2.77. The fraction of sp³-hybridized carbons (Fsp3) is 0.0800. The summed E-state index contributed by atoms with van der Waals surface area (Å²) < 4.78 is 6.93. The van der Waals surface area contributed by atoms with E-state index in [2.05, 4.69) is 56.8 Å². The smallest absolute Gasteiger partial charge is 0.134 e. The third-order valence-electron chi connectivity index (χ3n) is 4.84. The molecule has 3 nitrogen and oxygen atoms in total. The van der Waals surface area contributed by atoms with Crippen molar-refractivity contribution in [1.82, 2.24) is 5.43 Å². The molecule has 0 amide bonds. The Balaban J connectivity index is 1.38. The molecule has 0 radical (unpaired) electrons. The predicted octanol–water partition coefficient (Wildman–Crippen LogP) is 7.61. The quantitative estimate of drug-likeness (QED) is 0.204. The first-order chi connectivity index (χ1) is 15.1. The first kappa shape index (κ1) is 21.7. The van der Waals surface area contributed by atoms with Crippen molar-refractivity contribution in [2.75, 3.05) is 0 Å². The Bertz CT molecular complexity index is 1220. The van der Waals surface area contributed by atoms with E-state index in [9.17, 15) is 0 Å². The highest BCUT2D eigenvalue weighted by molar-refractivity contribution is 9.10. The molecule has 31 heavy (non-hydrogen) atoms. The fourth-order valence-corrected chi connectivity index (χ4v) is 4.28. The molecule has 0 heterocycles. The first-order valence-electron chi connectivity index (χ1n) is 9.69. The summed E-state index contributed by atoms with van der Waals surface area (Å²) in [4.78, 5) is 0. The summed E-state index contributed by atoms with van der Waals surface area (Å²) >= 11 is 15.9. The normalized spacial score (nSPS) is 11.2. The van der Waals surface area contributed by atoms with Gasteiger partial charge in [0.25, 0.3) is 0 Å². The zero-order valence-electron chi connectivity index (χ0n) is 16.5. The Hall–Kier alpha value is -2.53. The van der Waals surface area contributed by atoms with Crippen LogP contribution < -0.4 is 10.2 Å². The standard InChI is InChI=1S/C25H19BrCl2N2O/c26-22-13-17(14-29-30-15-21-23(27)9-4-10-24(21)28)11-12-25(22)31-16-19-7-3-6-18-5-1-2-8-20(18)19/h1-14,30H,15-16H2/b29-14-. The first-order valence-corrected chi connectivity index (χ1v) is 11.2. The van der Waals surface area contributed by atoms with Gasteiger partial charge >= 0.3 is 0 Å². The average molecular weight is 514 g/mol. The summed E-state index contributed by atoms with van der Waals surface area (Å²) in [6, 6.07) is 25.9. The molecule has 0 aliphatic carbocycles. The van der Waals surface area contributed by atoms with E-state index in [1.54, 1.807) is 6.21 Å². The van der Waals surface area contributed by atoms with Crippen molar-refractivity contribution in [3.8, 4) is 5.75 Å². The van der Waals surface area contributed by atoms with Crippen molar-refractivity contribution in [2.24, 2.45) is 5.10 Å². The maximum Gasteiger partial charge on any atom is 0.134 e. The van der Waals surface area contributed by atoms with Gasteiger partial charge in [-0.2, -0.15) is 5.10 Å². The maximum absolute atomic E-state index is 6.17. The molecule has 6 heteroatoms. The maximum atomic E-state index is 6.17. The molecule has 0 saturated carbocycles. The van der Waals surface area contributed by atoms with Crippen LogP contribution in [0.25, 0.3) is 10.8 Å². The lowest BCUT2D eigenvalue weighted by Crippen LogP contribution is -2.06. The number of hydrazone groups is 1. The third kappa shape index (κ3) is 5.40. The Morgan fingerprint density at radius 2 is 1.65 bits per heavy atom. The molecule has 4 aromatic rings. The van der Waals surface area contributed by atoms with Gasteiger partial charge in [0.15, 0.2) is 0 Å². The van der Waals surface area contributed by atoms with E-state index < -0.39 is 0 Å². The molecule has 4 rings (SSSR count). The number of benzene rings is 4. The van der Waals surface area contributed by atoms with E-state index in [0.717, 1.165) is 26.9 Å². The van der Waals surface area contributed by atoms with Crippen LogP contribution >= 0.6 is 39.1 Å². The van der Waals surface area contributed by atoms with Crippen molar-refractivity contribution >= 4 is 56.1 Å². The van der Waals surface area contributed by atoms with Crippen molar-refractivity contribution in [1.29, 1.82) is 0 Å². The van der Waals surface area contributed by atoms with Crippen LogP contribution in [0.2, 0.25) is 10.0 Å². The molecule has 0 spiro atoms. The molecule has 0 atom stereocenters. The molecule has 0 fully saturated rings. The lowest BCUT2D eigenvalue weighted by molar-refractivity contribution is 0.305. The minimum absolute atomic E-state index is 0.447. The number of fused-ring (bicyclic) bond motifs is 1. The van der Waals surface area contributed by atoms with E-state index in [1.165, 1.54) is 10.8 Å². The van der Waals surface area contributed by atoms with Crippen LogP contribution in [-0.2, 0) is 13.2 Å². The van der Waals surface area contributed by atoms with Gasteiger partial charge in [0.2, 0.25) is 0 Å². The van der Waals surface area contributed by atoms with Crippen LogP contribution in [0.1, 0.15) is 16.7 Å². The molecular formula is C25H19BrCl2N2O. The minimum Gasteiger partial charge on any atom is -0.488 e. The highest BCUT2D eigenvalue weighted by Gasteiger charge is 2.06. The van der Waals surface area contributed by atoms with Crippen molar-refractivity contribution in [3.05, 3.63) is 110 Å². The van der Waals surface area contributed by atoms with Crippen LogP contribution in [0, 0.1) is 0 Å². The predicted molar refractivity (Wildman–Crippen MR) is 133 cm³/mol. The molecule has 0 unspecified atom stereocenters. The van der Waals surface area contributed by atoms with Crippen LogP contribution in [0.15, 0.2) is 88.4 Å². The number of ether oxygens (including phenoxy) is 1. The van der Waals surface area contributed by atoms with E-state index >= 15 is 0 Å². The second-order valence-corrected chi connectivity index (χ2v) is 8.58. The SMILES string of the molecule is Clc1cccc(Cl)c1CN/N=C\c1ccc(OCc2cccc3ccccc23)c(Br)c1.